The molecule has 2 heteroatoms. The van der Waals surface area contributed by atoms with E-state index in [1.54, 1.807) is 0 Å². The largest absolute Gasteiger partial charge is 0.356 e. The zero-order valence-electron chi connectivity index (χ0n) is 26.1. The van der Waals surface area contributed by atoms with Gasteiger partial charge in [0.05, 0.1) is 0 Å². The molecule has 2 nitrogen and oxygen atoms in total. The van der Waals surface area contributed by atoms with E-state index >= 15 is 0 Å². The number of hydrogen-bond acceptors (Lipinski definition) is 2. The zero-order chi connectivity index (χ0) is 26.7. The molecular formula is C35H70N2. The van der Waals surface area contributed by atoms with Gasteiger partial charge in [-0.2, -0.15) is 0 Å². The first-order valence-corrected chi connectivity index (χ1v) is 17.5. The van der Waals surface area contributed by atoms with Gasteiger partial charge < -0.3 is 9.80 Å². The van der Waals surface area contributed by atoms with Crippen LogP contribution in [0.5, 0.6) is 0 Å². The summed E-state index contributed by atoms with van der Waals surface area (Å²) in [6, 6.07) is 0. The SMILES string of the molecule is CCCCCCCCCCCCCCCCCCN1C=CN(CCCCCCCCCCC)C1CCC. The summed E-state index contributed by atoms with van der Waals surface area (Å²) in [6.07, 6.45) is 44.1. The second-order valence-electron chi connectivity index (χ2n) is 12.2. The average Bonchev–Trinajstić information content (AvgIpc) is 3.28. The molecule has 1 atom stereocenters. The highest BCUT2D eigenvalue weighted by Crippen LogP contribution is 2.22. The highest BCUT2D eigenvalue weighted by atomic mass is 15.4. The highest BCUT2D eigenvalue weighted by Gasteiger charge is 2.24. The summed E-state index contributed by atoms with van der Waals surface area (Å²) < 4.78 is 0. The van der Waals surface area contributed by atoms with Crippen molar-refractivity contribution in [2.45, 2.75) is 200 Å². The number of unbranched alkanes of at least 4 members (excludes halogenated alkanes) is 23. The van der Waals surface area contributed by atoms with Crippen molar-refractivity contribution < 1.29 is 0 Å². The first kappa shape index (κ1) is 34.4. The molecule has 1 rings (SSSR count). The van der Waals surface area contributed by atoms with Crippen molar-refractivity contribution in [2.24, 2.45) is 0 Å². The van der Waals surface area contributed by atoms with E-state index in [-0.39, 0.29) is 0 Å². The topological polar surface area (TPSA) is 6.48 Å². The smallest absolute Gasteiger partial charge is 0.101 e. The molecule has 0 bridgehead atoms. The normalized spacial score (nSPS) is 15.4. The minimum Gasteiger partial charge on any atom is -0.356 e. The molecule has 0 aliphatic carbocycles. The Balaban J connectivity index is 1.95. The summed E-state index contributed by atoms with van der Waals surface area (Å²) >= 11 is 0. The Hall–Kier alpha value is -0.660. The molecule has 0 fully saturated rings. The van der Waals surface area contributed by atoms with Gasteiger partial charge in [0.15, 0.2) is 0 Å². The van der Waals surface area contributed by atoms with Gasteiger partial charge in [0.1, 0.15) is 6.17 Å². The van der Waals surface area contributed by atoms with Crippen LogP contribution < -0.4 is 0 Å². The summed E-state index contributed by atoms with van der Waals surface area (Å²) in [5.41, 5.74) is 0. The number of nitrogens with zero attached hydrogens (tertiary/aromatic N) is 2. The average molecular weight is 519 g/mol. The van der Waals surface area contributed by atoms with Crippen molar-refractivity contribution in [3.05, 3.63) is 12.4 Å². The minimum atomic E-state index is 0.635. The number of rotatable bonds is 29. The van der Waals surface area contributed by atoms with Crippen molar-refractivity contribution in [1.29, 1.82) is 0 Å². The van der Waals surface area contributed by atoms with E-state index in [4.69, 9.17) is 0 Å². The van der Waals surface area contributed by atoms with E-state index in [2.05, 4.69) is 43.0 Å². The maximum Gasteiger partial charge on any atom is 0.101 e. The maximum absolute atomic E-state index is 2.65. The van der Waals surface area contributed by atoms with Crippen molar-refractivity contribution in [3.8, 4) is 0 Å². The summed E-state index contributed by atoms with van der Waals surface area (Å²) in [7, 11) is 0. The molecule has 1 aliphatic heterocycles. The predicted molar refractivity (Wildman–Crippen MR) is 168 cm³/mol. The van der Waals surface area contributed by atoms with E-state index in [1.807, 2.05) is 0 Å². The standard InChI is InChI=1S/C35H70N2/c1-4-7-9-11-13-15-16-17-18-19-20-21-23-25-27-29-32-37-34-33-36(35(37)30-6-3)31-28-26-24-22-14-12-10-8-5-2/h33-35H,4-32H2,1-3H3. The fourth-order valence-corrected chi connectivity index (χ4v) is 6.04. The first-order valence-electron chi connectivity index (χ1n) is 17.5. The van der Waals surface area contributed by atoms with Crippen LogP contribution in [-0.2, 0) is 0 Å². The first-order chi connectivity index (χ1) is 18.3. The van der Waals surface area contributed by atoms with E-state index in [9.17, 15) is 0 Å². The Morgan fingerprint density at radius 1 is 0.351 bits per heavy atom. The van der Waals surface area contributed by atoms with Crippen LogP contribution in [0.1, 0.15) is 194 Å². The Morgan fingerprint density at radius 2 is 0.622 bits per heavy atom. The van der Waals surface area contributed by atoms with E-state index in [1.165, 1.54) is 186 Å². The third-order valence-electron chi connectivity index (χ3n) is 8.55. The third kappa shape index (κ3) is 20.0. The molecule has 0 aromatic heterocycles. The van der Waals surface area contributed by atoms with Crippen molar-refractivity contribution in [2.75, 3.05) is 13.1 Å². The molecule has 0 saturated carbocycles. The van der Waals surface area contributed by atoms with Gasteiger partial charge in [-0.3, -0.25) is 0 Å². The van der Waals surface area contributed by atoms with Crippen LogP contribution in [0.25, 0.3) is 0 Å². The predicted octanol–water partition coefficient (Wildman–Crippen LogP) is 12.0. The van der Waals surface area contributed by atoms with Gasteiger partial charge in [-0.1, -0.05) is 175 Å². The summed E-state index contributed by atoms with van der Waals surface area (Å²) in [6.45, 7) is 9.48. The molecule has 0 spiro atoms. The van der Waals surface area contributed by atoms with E-state index < -0.39 is 0 Å². The van der Waals surface area contributed by atoms with Crippen molar-refractivity contribution in [1.82, 2.24) is 9.80 Å². The second-order valence-corrected chi connectivity index (χ2v) is 12.2. The quantitative estimate of drug-likeness (QED) is 0.0908. The van der Waals surface area contributed by atoms with E-state index in [0.29, 0.717) is 6.17 Å². The minimum absolute atomic E-state index is 0.635. The van der Waals surface area contributed by atoms with Crippen LogP contribution in [0, 0.1) is 0 Å². The molecular weight excluding hydrogens is 448 g/mol. The maximum atomic E-state index is 2.65. The molecule has 0 aromatic rings. The summed E-state index contributed by atoms with van der Waals surface area (Å²) in [5.74, 6) is 0. The Morgan fingerprint density at radius 3 is 0.892 bits per heavy atom. The van der Waals surface area contributed by atoms with Gasteiger partial charge in [-0.15, -0.1) is 0 Å². The van der Waals surface area contributed by atoms with Crippen LogP contribution >= 0.6 is 0 Å². The molecule has 1 unspecified atom stereocenters. The Kier molecular flexibility index (Phi) is 25.0. The second kappa shape index (κ2) is 26.9. The van der Waals surface area contributed by atoms with Gasteiger partial charge in [0.2, 0.25) is 0 Å². The fraction of sp³-hybridized carbons (Fsp3) is 0.943. The molecule has 1 heterocycles. The fourth-order valence-electron chi connectivity index (χ4n) is 6.04. The van der Waals surface area contributed by atoms with Gasteiger partial charge in [0.25, 0.3) is 0 Å². The van der Waals surface area contributed by atoms with Crippen LogP contribution in [-0.4, -0.2) is 29.1 Å². The lowest BCUT2D eigenvalue weighted by Crippen LogP contribution is -2.39. The molecule has 0 radical (unpaired) electrons. The summed E-state index contributed by atoms with van der Waals surface area (Å²) in [4.78, 5) is 5.30. The van der Waals surface area contributed by atoms with Crippen LogP contribution in [0.3, 0.4) is 0 Å². The molecule has 0 saturated heterocycles. The molecule has 0 aromatic carbocycles. The van der Waals surface area contributed by atoms with Gasteiger partial charge in [-0.25, -0.2) is 0 Å². The van der Waals surface area contributed by atoms with Gasteiger partial charge >= 0.3 is 0 Å². The van der Waals surface area contributed by atoms with Crippen molar-refractivity contribution >= 4 is 0 Å². The van der Waals surface area contributed by atoms with Crippen LogP contribution in [0.2, 0.25) is 0 Å². The molecule has 0 N–H and O–H groups in total. The highest BCUT2D eigenvalue weighted by molar-refractivity contribution is 4.96. The molecule has 220 valence electrons. The zero-order valence-corrected chi connectivity index (χ0v) is 26.1. The van der Waals surface area contributed by atoms with Gasteiger partial charge in [0, 0.05) is 25.5 Å². The molecule has 0 amide bonds. The van der Waals surface area contributed by atoms with Gasteiger partial charge in [-0.05, 0) is 19.3 Å². The van der Waals surface area contributed by atoms with E-state index in [0.717, 1.165) is 0 Å². The van der Waals surface area contributed by atoms with Crippen LogP contribution in [0.4, 0.5) is 0 Å². The molecule has 1 aliphatic rings. The molecule has 37 heavy (non-hydrogen) atoms. The lowest BCUT2D eigenvalue weighted by Gasteiger charge is -2.33. The number of hydrogen-bond donors (Lipinski definition) is 0. The Labute approximate surface area is 235 Å². The lowest BCUT2D eigenvalue weighted by molar-refractivity contribution is 0.138. The van der Waals surface area contributed by atoms with Crippen molar-refractivity contribution in [3.63, 3.8) is 0 Å². The third-order valence-corrected chi connectivity index (χ3v) is 8.55. The van der Waals surface area contributed by atoms with Crippen LogP contribution in [0.15, 0.2) is 12.4 Å². The lowest BCUT2D eigenvalue weighted by atomic mass is 10.0. The summed E-state index contributed by atoms with van der Waals surface area (Å²) in [5, 5.41) is 0. The Bertz CT molecular complexity index is 474. The monoisotopic (exact) mass is 519 g/mol.